The molecule has 1 aromatic heterocycles. The molecule has 1 aliphatic heterocycles. The number of nitrogens with zero attached hydrogens (tertiary/aromatic N) is 2. The standard InChI is InChI=1S/C30H37N5O3/c1-17-11-24(29(31)37)25(32-15-18-4-5-18)14-23(17)30(38)34-22-12-20-3-2-10-35(26(20)13-22)27-9-8-21(16-33-27)28(36)19-6-7-19/h8-9,11,14,16,18-20,22,26,32H,2-7,10,12-13,15H2,1H3,(H2,31,37)(H,34,38). The van der Waals surface area contributed by atoms with Gasteiger partial charge in [-0.25, -0.2) is 4.98 Å². The summed E-state index contributed by atoms with van der Waals surface area (Å²) < 4.78 is 0. The average molecular weight is 516 g/mol. The van der Waals surface area contributed by atoms with Crippen molar-refractivity contribution >= 4 is 29.1 Å². The molecule has 200 valence electrons. The minimum Gasteiger partial charge on any atom is -0.384 e. The number of aromatic nitrogens is 1. The summed E-state index contributed by atoms with van der Waals surface area (Å²) >= 11 is 0. The summed E-state index contributed by atoms with van der Waals surface area (Å²) in [4.78, 5) is 44.9. The van der Waals surface area contributed by atoms with Crippen LogP contribution in [0.2, 0.25) is 0 Å². The molecule has 3 atom stereocenters. The normalized spacial score (nSPS) is 24.6. The maximum Gasteiger partial charge on any atom is 0.251 e. The third-order valence-electron chi connectivity index (χ3n) is 8.79. The van der Waals surface area contributed by atoms with Crippen molar-refractivity contribution in [3.8, 4) is 0 Å². The number of nitrogens with one attached hydrogen (secondary N) is 2. The van der Waals surface area contributed by atoms with Crippen molar-refractivity contribution in [3.05, 3.63) is 52.7 Å². The molecule has 1 saturated heterocycles. The monoisotopic (exact) mass is 515 g/mol. The number of rotatable bonds is 9. The molecule has 2 amide bonds. The number of aryl methyl sites for hydroxylation is 1. The van der Waals surface area contributed by atoms with Crippen LogP contribution in [-0.2, 0) is 0 Å². The smallest absolute Gasteiger partial charge is 0.251 e. The van der Waals surface area contributed by atoms with Crippen molar-refractivity contribution in [2.75, 3.05) is 23.3 Å². The molecular weight excluding hydrogens is 478 g/mol. The molecule has 3 aliphatic carbocycles. The van der Waals surface area contributed by atoms with E-state index in [4.69, 9.17) is 5.73 Å². The predicted molar refractivity (Wildman–Crippen MR) is 147 cm³/mol. The minimum atomic E-state index is -0.489. The van der Waals surface area contributed by atoms with Crippen molar-refractivity contribution in [2.24, 2.45) is 23.5 Å². The van der Waals surface area contributed by atoms with E-state index in [1.54, 1.807) is 18.3 Å². The second kappa shape index (κ2) is 10.0. The molecule has 2 heterocycles. The van der Waals surface area contributed by atoms with E-state index in [1.165, 1.54) is 12.8 Å². The zero-order chi connectivity index (χ0) is 26.4. The Labute approximate surface area is 223 Å². The summed E-state index contributed by atoms with van der Waals surface area (Å²) in [5, 5.41) is 6.63. The Kier molecular flexibility index (Phi) is 6.58. The van der Waals surface area contributed by atoms with Crippen molar-refractivity contribution in [1.29, 1.82) is 0 Å². The van der Waals surface area contributed by atoms with Crippen LogP contribution in [0.25, 0.3) is 0 Å². The van der Waals surface area contributed by atoms with Gasteiger partial charge >= 0.3 is 0 Å². The molecule has 0 spiro atoms. The highest BCUT2D eigenvalue weighted by Crippen LogP contribution is 2.39. The van der Waals surface area contributed by atoms with Gasteiger partial charge in [0.05, 0.1) is 5.56 Å². The predicted octanol–water partition coefficient (Wildman–Crippen LogP) is 4.08. The van der Waals surface area contributed by atoms with Crippen LogP contribution in [0, 0.1) is 24.7 Å². The molecule has 8 nitrogen and oxygen atoms in total. The number of primary amides is 1. The summed E-state index contributed by atoms with van der Waals surface area (Å²) in [6.07, 6.45) is 10.2. The quantitative estimate of drug-likeness (QED) is 0.433. The first-order valence-corrected chi connectivity index (χ1v) is 14.1. The van der Waals surface area contributed by atoms with E-state index in [2.05, 4.69) is 20.5 Å². The lowest BCUT2D eigenvalue weighted by atomic mass is 9.92. The van der Waals surface area contributed by atoms with E-state index in [0.717, 1.165) is 63.0 Å². The molecule has 4 N–H and O–H groups in total. The van der Waals surface area contributed by atoms with Crippen LogP contribution in [0.15, 0.2) is 30.5 Å². The molecule has 3 saturated carbocycles. The SMILES string of the molecule is Cc1cc(C(N)=O)c(NCC2CC2)cc1C(=O)NC1CC2CCCN(c3ccc(C(=O)C4CC4)cn3)C2C1. The molecule has 8 heteroatoms. The van der Waals surface area contributed by atoms with Gasteiger partial charge in [-0.05, 0) is 100.0 Å². The molecule has 0 radical (unpaired) electrons. The number of piperidine rings is 1. The van der Waals surface area contributed by atoms with Gasteiger partial charge in [0.25, 0.3) is 11.8 Å². The number of ketones is 1. The van der Waals surface area contributed by atoms with Crippen LogP contribution in [0.4, 0.5) is 11.5 Å². The third-order valence-corrected chi connectivity index (χ3v) is 8.79. The first kappa shape index (κ1) is 24.9. The number of anilines is 2. The highest BCUT2D eigenvalue weighted by Gasteiger charge is 2.41. The first-order valence-electron chi connectivity index (χ1n) is 14.1. The van der Waals surface area contributed by atoms with Gasteiger partial charge in [0.1, 0.15) is 5.82 Å². The maximum atomic E-state index is 13.4. The van der Waals surface area contributed by atoms with Gasteiger partial charge in [-0.15, -0.1) is 0 Å². The van der Waals surface area contributed by atoms with Gasteiger partial charge < -0.3 is 21.3 Å². The molecule has 6 rings (SSSR count). The average Bonchev–Trinajstić information content (AvgIpc) is 3.84. The summed E-state index contributed by atoms with van der Waals surface area (Å²) in [6.45, 7) is 3.58. The number of amides is 2. The number of carbonyl (C=O) groups excluding carboxylic acids is 3. The number of hydrogen-bond acceptors (Lipinski definition) is 6. The number of benzene rings is 1. The highest BCUT2D eigenvalue weighted by molar-refractivity contribution is 6.03. The molecule has 1 aromatic carbocycles. The zero-order valence-electron chi connectivity index (χ0n) is 22.0. The lowest BCUT2D eigenvalue weighted by Gasteiger charge is -2.38. The Morgan fingerprint density at radius 3 is 2.55 bits per heavy atom. The Hall–Kier alpha value is -3.42. The van der Waals surface area contributed by atoms with E-state index in [0.29, 0.717) is 40.3 Å². The van der Waals surface area contributed by atoms with Gasteiger partial charge in [0, 0.05) is 54.1 Å². The lowest BCUT2D eigenvalue weighted by Crippen LogP contribution is -2.43. The Morgan fingerprint density at radius 1 is 1.05 bits per heavy atom. The van der Waals surface area contributed by atoms with E-state index < -0.39 is 5.91 Å². The topological polar surface area (TPSA) is 117 Å². The molecule has 4 aliphatic rings. The van der Waals surface area contributed by atoms with Gasteiger partial charge in [-0.2, -0.15) is 0 Å². The number of hydrogen-bond donors (Lipinski definition) is 3. The molecule has 4 fully saturated rings. The van der Waals surface area contributed by atoms with Crippen molar-refractivity contribution < 1.29 is 14.4 Å². The van der Waals surface area contributed by atoms with Crippen LogP contribution >= 0.6 is 0 Å². The lowest BCUT2D eigenvalue weighted by molar-refractivity contribution is 0.0933. The van der Waals surface area contributed by atoms with E-state index in [-0.39, 0.29) is 23.7 Å². The minimum absolute atomic E-state index is 0.0758. The molecule has 0 bridgehead atoms. The fraction of sp³-hybridized carbons (Fsp3) is 0.533. The Morgan fingerprint density at radius 2 is 1.87 bits per heavy atom. The van der Waals surface area contributed by atoms with Gasteiger partial charge in [0.15, 0.2) is 5.78 Å². The Bertz CT molecular complexity index is 1250. The summed E-state index contributed by atoms with van der Waals surface area (Å²) in [5.74, 6) is 1.86. The summed E-state index contributed by atoms with van der Waals surface area (Å²) in [7, 11) is 0. The molecule has 38 heavy (non-hydrogen) atoms. The van der Waals surface area contributed by atoms with Crippen molar-refractivity contribution in [1.82, 2.24) is 10.3 Å². The number of carbonyl (C=O) groups is 3. The second-order valence-corrected chi connectivity index (χ2v) is 11.7. The van der Waals surface area contributed by atoms with Gasteiger partial charge in [-0.3, -0.25) is 14.4 Å². The molecular formula is C30H37N5O3. The number of nitrogens with two attached hydrogens (primary N) is 1. The summed E-state index contributed by atoms with van der Waals surface area (Å²) in [6, 6.07) is 7.83. The first-order chi connectivity index (χ1) is 18.4. The van der Waals surface area contributed by atoms with Crippen LogP contribution in [0.3, 0.4) is 0 Å². The van der Waals surface area contributed by atoms with E-state index >= 15 is 0 Å². The molecule has 3 unspecified atom stereocenters. The van der Waals surface area contributed by atoms with Gasteiger partial charge in [0.2, 0.25) is 0 Å². The van der Waals surface area contributed by atoms with Crippen molar-refractivity contribution in [3.63, 3.8) is 0 Å². The number of pyridine rings is 1. The molecule has 2 aromatic rings. The van der Waals surface area contributed by atoms with Gasteiger partial charge in [-0.1, -0.05) is 0 Å². The van der Waals surface area contributed by atoms with Crippen LogP contribution < -0.4 is 21.3 Å². The fourth-order valence-electron chi connectivity index (χ4n) is 6.31. The zero-order valence-corrected chi connectivity index (χ0v) is 22.0. The number of Topliss-reactive ketones (excluding diaryl/α,β-unsaturated/α-hetero) is 1. The van der Waals surface area contributed by atoms with Crippen LogP contribution in [0.5, 0.6) is 0 Å². The number of fused-ring (bicyclic) bond motifs is 1. The van der Waals surface area contributed by atoms with Crippen LogP contribution in [0.1, 0.15) is 88.0 Å². The Balaban J connectivity index is 1.14. The third kappa shape index (κ3) is 5.13. The maximum absolute atomic E-state index is 13.4. The fourth-order valence-corrected chi connectivity index (χ4v) is 6.31. The van der Waals surface area contributed by atoms with E-state index in [1.807, 2.05) is 19.1 Å². The summed E-state index contributed by atoms with van der Waals surface area (Å²) in [5.41, 5.74) is 8.73. The van der Waals surface area contributed by atoms with E-state index in [9.17, 15) is 14.4 Å². The largest absolute Gasteiger partial charge is 0.384 e. The second-order valence-electron chi connectivity index (χ2n) is 11.7. The van der Waals surface area contributed by atoms with Crippen LogP contribution in [-0.4, -0.2) is 47.8 Å². The van der Waals surface area contributed by atoms with Crippen molar-refractivity contribution in [2.45, 2.75) is 70.4 Å². The highest BCUT2D eigenvalue weighted by atomic mass is 16.2.